The molecule has 0 saturated carbocycles. The maximum absolute atomic E-state index is 13.1. The smallest absolute Gasteiger partial charge is 0.243 e. The molecule has 3 rings (SSSR count). The number of morpholine rings is 1. The minimum atomic E-state index is -3.65. The van der Waals surface area contributed by atoms with E-state index in [1.807, 2.05) is 6.92 Å². The van der Waals surface area contributed by atoms with Gasteiger partial charge in [-0.15, -0.1) is 0 Å². The third-order valence-corrected chi connectivity index (χ3v) is 7.30. The lowest BCUT2D eigenvalue weighted by molar-refractivity contribution is -0.120. The number of hydrogen-bond donors (Lipinski definition) is 3. The summed E-state index contributed by atoms with van der Waals surface area (Å²) in [6.07, 6.45) is 2.14. The Kier molecular flexibility index (Phi) is 9.11. The number of anilines is 2. The number of amides is 1. The van der Waals surface area contributed by atoms with Crippen molar-refractivity contribution in [3.8, 4) is 0 Å². The highest BCUT2D eigenvalue weighted by molar-refractivity contribution is 7.89. The average molecular weight is 471 g/mol. The first-order valence-corrected chi connectivity index (χ1v) is 12.4. The summed E-state index contributed by atoms with van der Waals surface area (Å²) < 4.78 is 43.6. The number of nitrogens with zero attached hydrogens (tertiary/aromatic N) is 1. The predicted octanol–water partition coefficient (Wildman–Crippen LogP) is 0.861. The molecular weight excluding hydrogens is 436 g/mol. The SMILES string of the molecule is COCC(C)NC(=O)CNc1cc(S(=O)(=O)N2CCOCC2)ccc1NCC1CCCO1. The summed E-state index contributed by atoms with van der Waals surface area (Å²) in [5, 5.41) is 9.25. The molecule has 10 nitrogen and oxygen atoms in total. The van der Waals surface area contributed by atoms with Gasteiger partial charge in [-0.25, -0.2) is 8.42 Å². The predicted molar refractivity (Wildman–Crippen MR) is 121 cm³/mol. The van der Waals surface area contributed by atoms with Crippen LogP contribution in [-0.2, 0) is 29.0 Å². The van der Waals surface area contributed by atoms with E-state index in [-0.39, 0.29) is 29.5 Å². The summed E-state index contributed by atoms with van der Waals surface area (Å²) in [6, 6.07) is 4.78. The lowest BCUT2D eigenvalue weighted by Gasteiger charge is -2.26. The standard InChI is InChI=1S/C21H34N4O6S/c1-16(15-29-2)24-21(26)14-23-20-12-18(32(27,28)25-7-10-30-11-8-25)5-6-19(20)22-13-17-4-3-9-31-17/h5-6,12,16-17,22-23H,3-4,7-11,13-15H2,1-2H3,(H,24,26). The maximum atomic E-state index is 13.1. The van der Waals surface area contributed by atoms with Crippen LogP contribution in [0.2, 0.25) is 0 Å². The summed E-state index contributed by atoms with van der Waals surface area (Å²) in [5.74, 6) is -0.207. The minimum Gasteiger partial charge on any atom is -0.383 e. The van der Waals surface area contributed by atoms with Crippen LogP contribution in [0.5, 0.6) is 0 Å². The number of rotatable bonds is 11. The van der Waals surface area contributed by atoms with E-state index in [1.165, 1.54) is 4.31 Å². The van der Waals surface area contributed by atoms with Crippen LogP contribution < -0.4 is 16.0 Å². The molecule has 0 bridgehead atoms. The molecule has 0 aliphatic carbocycles. The van der Waals surface area contributed by atoms with Gasteiger partial charge >= 0.3 is 0 Å². The summed E-state index contributed by atoms with van der Waals surface area (Å²) in [7, 11) is -2.08. The van der Waals surface area contributed by atoms with E-state index >= 15 is 0 Å². The van der Waals surface area contributed by atoms with Crippen molar-refractivity contribution in [3.63, 3.8) is 0 Å². The van der Waals surface area contributed by atoms with Gasteiger partial charge in [-0.3, -0.25) is 4.79 Å². The molecule has 3 N–H and O–H groups in total. The second-order valence-electron chi connectivity index (χ2n) is 8.02. The number of methoxy groups -OCH3 is 1. The van der Waals surface area contributed by atoms with E-state index in [9.17, 15) is 13.2 Å². The van der Waals surface area contributed by atoms with E-state index in [2.05, 4.69) is 16.0 Å². The molecular formula is C21H34N4O6S. The molecule has 2 heterocycles. The Hall–Kier alpha value is -1.92. The summed E-state index contributed by atoms with van der Waals surface area (Å²) in [6.45, 7) is 5.04. The Balaban J connectivity index is 1.74. The lowest BCUT2D eigenvalue weighted by Crippen LogP contribution is -2.40. The first-order valence-electron chi connectivity index (χ1n) is 11.0. The van der Waals surface area contributed by atoms with Gasteiger partial charge in [-0.2, -0.15) is 4.31 Å². The highest BCUT2D eigenvalue weighted by Crippen LogP contribution is 2.28. The fourth-order valence-electron chi connectivity index (χ4n) is 3.74. The van der Waals surface area contributed by atoms with Crippen LogP contribution >= 0.6 is 0 Å². The number of carbonyl (C=O) groups excluding carboxylic acids is 1. The van der Waals surface area contributed by atoms with Crippen LogP contribution in [0, 0.1) is 0 Å². The molecule has 1 aromatic rings. The molecule has 2 saturated heterocycles. The third-order valence-electron chi connectivity index (χ3n) is 5.41. The first-order chi connectivity index (χ1) is 15.4. The van der Waals surface area contributed by atoms with Crippen LogP contribution in [0.25, 0.3) is 0 Å². The quantitative estimate of drug-likeness (QED) is 0.436. The second-order valence-corrected chi connectivity index (χ2v) is 9.96. The highest BCUT2D eigenvalue weighted by Gasteiger charge is 2.27. The van der Waals surface area contributed by atoms with Crippen molar-refractivity contribution in [2.75, 3.05) is 70.3 Å². The Labute approximate surface area is 190 Å². The van der Waals surface area contributed by atoms with Gasteiger partial charge in [-0.1, -0.05) is 0 Å². The monoisotopic (exact) mass is 470 g/mol. The molecule has 2 atom stereocenters. The van der Waals surface area contributed by atoms with Gasteiger partial charge in [0.1, 0.15) is 0 Å². The molecule has 2 fully saturated rings. The molecule has 0 radical (unpaired) electrons. The number of hydrogen-bond acceptors (Lipinski definition) is 8. The largest absolute Gasteiger partial charge is 0.383 e. The van der Waals surface area contributed by atoms with Crippen LogP contribution in [0.1, 0.15) is 19.8 Å². The third kappa shape index (κ3) is 6.79. The molecule has 32 heavy (non-hydrogen) atoms. The summed E-state index contributed by atoms with van der Waals surface area (Å²) in [5.41, 5.74) is 1.27. The molecule has 1 aromatic carbocycles. The number of carbonyl (C=O) groups is 1. The van der Waals surface area contributed by atoms with E-state index in [0.717, 1.165) is 25.1 Å². The van der Waals surface area contributed by atoms with Crippen LogP contribution in [-0.4, -0.2) is 90.5 Å². The van der Waals surface area contributed by atoms with Crippen molar-refractivity contribution in [1.29, 1.82) is 0 Å². The fourth-order valence-corrected chi connectivity index (χ4v) is 5.18. The van der Waals surface area contributed by atoms with Crippen LogP contribution in [0.3, 0.4) is 0 Å². The van der Waals surface area contributed by atoms with Gasteiger partial charge < -0.3 is 30.2 Å². The van der Waals surface area contributed by atoms with Gasteiger partial charge in [0.2, 0.25) is 15.9 Å². The van der Waals surface area contributed by atoms with E-state index in [1.54, 1.807) is 25.3 Å². The zero-order valence-electron chi connectivity index (χ0n) is 18.8. The molecule has 180 valence electrons. The fraction of sp³-hybridized carbons (Fsp3) is 0.667. The first kappa shape index (κ1) is 24.7. The Morgan fingerprint density at radius 2 is 2.00 bits per heavy atom. The molecule has 2 aliphatic rings. The number of benzene rings is 1. The number of sulfonamides is 1. The van der Waals surface area contributed by atoms with Crippen LogP contribution in [0.4, 0.5) is 11.4 Å². The van der Waals surface area contributed by atoms with Gasteiger partial charge in [0.15, 0.2) is 0 Å². The van der Waals surface area contributed by atoms with Crippen molar-refractivity contribution >= 4 is 27.3 Å². The van der Waals surface area contributed by atoms with Gasteiger partial charge in [0, 0.05) is 39.4 Å². The maximum Gasteiger partial charge on any atom is 0.243 e. The normalized spacial score (nSPS) is 20.6. The zero-order valence-corrected chi connectivity index (χ0v) is 19.6. The van der Waals surface area contributed by atoms with Gasteiger partial charge in [0.25, 0.3) is 0 Å². The topological polar surface area (TPSA) is 118 Å². The molecule has 0 aromatic heterocycles. The molecule has 2 unspecified atom stereocenters. The second kappa shape index (κ2) is 11.8. The van der Waals surface area contributed by atoms with Crippen LogP contribution in [0.15, 0.2) is 23.1 Å². The van der Waals surface area contributed by atoms with Crippen molar-refractivity contribution in [2.24, 2.45) is 0 Å². The van der Waals surface area contributed by atoms with Crippen molar-refractivity contribution in [1.82, 2.24) is 9.62 Å². The van der Waals surface area contributed by atoms with Crippen molar-refractivity contribution in [2.45, 2.75) is 36.8 Å². The van der Waals surface area contributed by atoms with Gasteiger partial charge in [0.05, 0.1) is 48.7 Å². The Bertz CT molecular complexity index is 854. The van der Waals surface area contributed by atoms with E-state index < -0.39 is 10.0 Å². The Morgan fingerprint density at radius 1 is 1.22 bits per heavy atom. The number of nitrogens with one attached hydrogen (secondary N) is 3. The van der Waals surface area contributed by atoms with E-state index in [4.69, 9.17) is 14.2 Å². The number of ether oxygens (including phenoxy) is 3. The molecule has 0 spiro atoms. The average Bonchev–Trinajstić information content (AvgIpc) is 3.31. The highest BCUT2D eigenvalue weighted by atomic mass is 32.2. The summed E-state index contributed by atoms with van der Waals surface area (Å²) >= 11 is 0. The zero-order chi connectivity index (χ0) is 23.0. The molecule has 11 heteroatoms. The minimum absolute atomic E-state index is 0.00369. The van der Waals surface area contributed by atoms with E-state index in [0.29, 0.717) is 45.1 Å². The molecule has 2 aliphatic heterocycles. The van der Waals surface area contributed by atoms with Gasteiger partial charge in [-0.05, 0) is 38.0 Å². The Morgan fingerprint density at radius 3 is 2.69 bits per heavy atom. The molecule has 1 amide bonds. The lowest BCUT2D eigenvalue weighted by atomic mass is 10.2. The van der Waals surface area contributed by atoms with Crippen molar-refractivity contribution < 1.29 is 27.4 Å². The van der Waals surface area contributed by atoms with Crippen molar-refractivity contribution in [3.05, 3.63) is 18.2 Å². The summed E-state index contributed by atoms with van der Waals surface area (Å²) in [4.78, 5) is 12.5.